The first-order chi connectivity index (χ1) is 18.2. The van der Waals surface area contributed by atoms with Crippen molar-refractivity contribution >= 4 is 23.1 Å². The quantitative estimate of drug-likeness (QED) is 0.255. The molecule has 1 fully saturated rings. The first kappa shape index (κ1) is 27.4. The third-order valence-corrected chi connectivity index (χ3v) is 5.82. The van der Waals surface area contributed by atoms with Gasteiger partial charge in [-0.2, -0.15) is 23.3 Å². The number of pyridine rings is 1. The molecule has 12 heteroatoms. The van der Waals surface area contributed by atoms with Gasteiger partial charge in [-0.15, -0.1) is 5.11 Å². The lowest BCUT2D eigenvalue weighted by molar-refractivity contribution is -0.137. The minimum absolute atomic E-state index is 0.210. The molecule has 2 aromatic heterocycles. The van der Waals surface area contributed by atoms with Crippen LogP contribution in [0.4, 0.5) is 36.3 Å². The Morgan fingerprint density at radius 1 is 1.13 bits per heavy atom. The van der Waals surface area contributed by atoms with Gasteiger partial charge in [0.2, 0.25) is 0 Å². The molecule has 0 radical (unpaired) electrons. The summed E-state index contributed by atoms with van der Waals surface area (Å²) in [5.74, 6) is 0.960. The zero-order chi connectivity index (χ0) is 27.0. The van der Waals surface area contributed by atoms with E-state index in [0.29, 0.717) is 22.9 Å². The minimum Gasteiger partial charge on any atom is -0.376 e. The molecular weight excluding hydrogens is 497 g/mol. The monoisotopic (exact) mass is 528 g/mol. The van der Waals surface area contributed by atoms with Crippen LogP contribution in [0.3, 0.4) is 0 Å². The van der Waals surface area contributed by atoms with Gasteiger partial charge in [-0.05, 0) is 50.6 Å². The molecule has 0 amide bonds. The number of nitrogens with one attached hydrogen (secondary N) is 2. The first-order valence-electron chi connectivity index (χ1n) is 12.4. The van der Waals surface area contributed by atoms with Crippen molar-refractivity contribution in [1.82, 2.24) is 19.9 Å². The van der Waals surface area contributed by atoms with E-state index in [1.807, 2.05) is 13.0 Å². The molecule has 1 unspecified atom stereocenters. The van der Waals surface area contributed by atoms with Gasteiger partial charge in [0, 0.05) is 43.6 Å². The van der Waals surface area contributed by atoms with E-state index in [9.17, 15) is 13.2 Å². The van der Waals surface area contributed by atoms with Gasteiger partial charge >= 0.3 is 6.18 Å². The summed E-state index contributed by atoms with van der Waals surface area (Å²) in [6.45, 7) is 8.66. The number of halogens is 3. The highest BCUT2D eigenvalue weighted by Gasteiger charge is 2.30. The standard InChI is InChI=1S/C26H31F3N8O/c1-18-13-24(30-9-4-10-37-11-12-38-19(2)17-37)35-25(33-18)36-32-16-22-7-8-23(15-31-22)34-21-6-3-5-20(14-21)26(27,28)29/h3,5-8,13-15,19,34H,4,9-12,16-17H2,1-2H3,(H,30,33,35). The lowest BCUT2D eigenvalue weighted by Gasteiger charge is -2.31. The highest BCUT2D eigenvalue weighted by molar-refractivity contribution is 5.59. The molecule has 3 heterocycles. The molecule has 1 atom stereocenters. The molecule has 202 valence electrons. The molecular formula is C26H31F3N8O. The van der Waals surface area contributed by atoms with E-state index >= 15 is 0 Å². The Balaban J connectivity index is 1.26. The second kappa shape index (κ2) is 12.7. The number of benzene rings is 1. The molecule has 2 N–H and O–H groups in total. The van der Waals surface area contributed by atoms with Gasteiger partial charge in [0.05, 0.1) is 35.9 Å². The molecule has 1 saturated heterocycles. The average molecular weight is 529 g/mol. The Morgan fingerprint density at radius 3 is 2.76 bits per heavy atom. The van der Waals surface area contributed by atoms with Crippen molar-refractivity contribution in [3.63, 3.8) is 0 Å². The van der Waals surface area contributed by atoms with Crippen molar-refractivity contribution in [2.45, 2.75) is 39.1 Å². The molecule has 1 aliphatic rings. The maximum absolute atomic E-state index is 12.9. The summed E-state index contributed by atoms with van der Waals surface area (Å²) in [6, 6.07) is 10.3. The third-order valence-electron chi connectivity index (χ3n) is 5.82. The number of rotatable bonds is 10. The van der Waals surface area contributed by atoms with Gasteiger partial charge in [0.1, 0.15) is 12.4 Å². The normalized spacial score (nSPS) is 16.6. The summed E-state index contributed by atoms with van der Waals surface area (Å²) in [6.07, 6.45) is -1.60. The van der Waals surface area contributed by atoms with Gasteiger partial charge in [0.15, 0.2) is 0 Å². The maximum Gasteiger partial charge on any atom is 0.416 e. The van der Waals surface area contributed by atoms with Crippen LogP contribution in [0, 0.1) is 6.92 Å². The zero-order valence-electron chi connectivity index (χ0n) is 21.4. The van der Waals surface area contributed by atoms with E-state index in [1.165, 1.54) is 12.3 Å². The molecule has 0 bridgehead atoms. The second-order valence-corrected chi connectivity index (χ2v) is 9.10. The van der Waals surface area contributed by atoms with Gasteiger partial charge < -0.3 is 15.4 Å². The number of hydrogen-bond acceptors (Lipinski definition) is 9. The Kier molecular flexibility index (Phi) is 9.19. The fraction of sp³-hybridized carbons (Fsp3) is 0.423. The molecule has 3 aromatic rings. The number of azo groups is 1. The topological polar surface area (TPSA) is 99.9 Å². The Bertz CT molecular complexity index is 1220. The Hall–Kier alpha value is -3.64. The summed E-state index contributed by atoms with van der Waals surface area (Å²) < 4.78 is 44.3. The average Bonchev–Trinajstić information content (AvgIpc) is 2.87. The van der Waals surface area contributed by atoms with Crippen molar-refractivity contribution in [3.8, 4) is 0 Å². The molecule has 0 saturated carbocycles. The first-order valence-corrected chi connectivity index (χ1v) is 12.4. The number of morpholine rings is 1. The van der Waals surface area contributed by atoms with Crippen molar-refractivity contribution < 1.29 is 17.9 Å². The summed E-state index contributed by atoms with van der Waals surface area (Å²) >= 11 is 0. The summed E-state index contributed by atoms with van der Waals surface area (Å²) in [7, 11) is 0. The highest BCUT2D eigenvalue weighted by Crippen LogP contribution is 2.31. The zero-order valence-corrected chi connectivity index (χ0v) is 21.4. The molecule has 1 aliphatic heterocycles. The van der Waals surface area contributed by atoms with E-state index in [0.717, 1.165) is 57.0 Å². The number of anilines is 3. The maximum atomic E-state index is 12.9. The summed E-state index contributed by atoms with van der Waals surface area (Å²) in [4.78, 5) is 15.4. The van der Waals surface area contributed by atoms with Gasteiger partial charge in [-0.25, -0.2) is 4.98 Å². The van der Waals surface area contributed by atoms with Crippen LogP contribution in [-0.2, 0) is 17.5 Å². The van der Waals surface area contributed by atoms with Crippen molar-refractivity contribution in [2.75, 3.05) is 43.4 Å². The number of aryl methyl sites for hydroxylation is 1. The van der Waals surface area contributed by atoms with Crippen LogP contribution in [0.25, 0.3) is 0 Å². The molecule has 38 heavy (non-hydrogen) atoms. The van der Waals surface area contributed by atoms with Crippen LogP contribution >= 0.6 is 0 Å². The van der Waals surface area contributed by atoms with Crippen LogP contribution in [-0.4, -0.2) is 58.7 Å². The molecule has 0 aliphatic carbocycles. The largest absolute Gasteiger partial charge is 0.416 e. The van der Waals surface area contributed by atoms with Crippen LogP contribution in [0.15, 0.2) is 58.9 Å². The molecule has 0 spiro atoms. The van der Waals surface area contributed by atoms with Crippen molar-refractivity contribution in [3.05, 3.63) is 65.6 Å². The number of alkyl halides is 3. The van der Waals surface area contributed by atoms with E-state index in [1.54, 1.807) is 18.2 Å². The van der Waals surface area contributed by atoms with Crippen LogP contribution in [0.5, 0.6) is 0 Å². The Morgan fingerprint density at radius 2 is 2.00 bits per heavy atom. The lowest BCUT2D eigenvalue weighted by atomic mass is 10.2. The molecule has 9 nitrogen and oxygen atoms in total. The van der Waals surface area contributed by atoms with Crippen LogP contribution < -0.4 is 10.6 Å². The van der Waals surface area contributed by atoms with Gasteiger partial charge in [-0.3, -0.25) is 9.88 Å². The fourth-order valence-corrected chi connectivity index (χ4v) is 4.00. The molecule has 4 rings (SSSR count). The number of hydrogen-bond donors (Lipinski definition) is 2. The van der Waals surface area contributed by atoms with Crippen molar-refractivity contribution in [1.29, 1.82) is 0 Å². The Labute approximate surface area is 219 Å². The van der Waals surface area contributed by atoms with Gasteiger partial charge in [-0.1, -0.05) is 6.07 Å². The van der Waals surface area contributed by atoms with Crippen LogP contribution in [0.2, 0.25) is 0 Å². The van der Waals surface area contributed by atoms with Crippen molar-refractivity contribution in [2.24, 2.45) is 10.2 Å². The molecule has 1 aromatic carbocycles. The predicted molar refractivity (Wildman–Crippen MR) is 139 cm³/mol. The smallest absolute Gasteiger partial charge is 0.376 e. The third kappa shape index (κ3) is 8.45. The summed E-state index contributed by atoms with van der Waals surface area (Å²) in [5.41, 5.74) is 1.59. The van der Waals surface area contributed by atoms with Crippen LogP contribution in [0.1, 0.15) is 30.3 Å². The number of aromatic nitrogens is 3. The van der Waals surface area contributed by atoms with Gasteiger partial charge in [0.25, 0.3) is 5.95 Å². The summed E-state index contributed by atoms with van der Waals surface area (Å²) in [5, 5.41) is 14.5. The van der Waals surface area contributed by atoms with E-state index in [4.69, 9.17) is 4.74 Å². The fourth-order valence-electron chi connectivity index (χ4n) is 4.00. The lowest BCUT2D eigenvalue weighted by Crippen LogP contribution is -2.41. The predicted octanol–water partition coefficient (Wildman–Crippen LogP) is 5.75. The highest BCUT2D eigenvalue weighted by atomic mass is 19.4. The van der Waals surface area contributed by atoms with E-state index in [2.05, 4.69) is 47.6 Å². The van der Waals surface area contributed by atoms with E-state index in [-0.39, 0.29) is 18.6 Å². The number of ether oxygens (including phenoxy) is 1. The number of nitrogens with zero attached hydrogens (tertiary/aromatic N) is 6. The van der Waals surface area contributed by atoms with E-state index < -0.39 is 11.7 Å². The second-order valence-electron chi connectivity index (χ2n) is 9.10. The minimum atomic E-state index is -4.40. The SMILES string of the molecule is Cc1cc(NCCCN2CCOC(C)C2)nc(N=NCc2ccc(Nc3cccc(C(F)(F)F)c3)cn2)n1.